The third kappa shape index (κ3) is 3.09. The monoisotopic (exact) mass is 380 g/mol. The lowest BCUT2D eigenvalue weighted by molar-refractivity contribution is -0.384. The first-order valence-electron chi connectivity index (χ1n) is 8.04. The molecule has 0 radical (unpaired) electrons. The number of rotatable bonds is 3. The van der Waals surface area contributed by atoms with E-state index in [1.54, 1.807) is 54.3 Å². The number of hydrogen-bond acceptors (Lipinski definition) is 4. The number of non-ortho nitro benzene ring substituents is 1. The second-order valence-electron chi connectivity index (χ2n) is 6.11. The average Bonchev–Trinajstić information content (AvgIpc) is 3.14. The van der Waals surface area contributed by atoms with Gasteiger partial charge in [-0.3, -0.25) is 19.6 Å². The molecule has 0 atom stereocenters. The van der Waals surface area contributed by atoms with Crippen molar-refractivity contribution >= 4 is 40.5 Å². The zero-order valence-electron chi connectivity index (χ0n) is 14.1. The highest BCUT2D eigenvalue weighted by Crippen LogP contribution is 2.36. The summed E-state index contributed by atoms with van der Waals surface area (Å²) in [6.45, 7) is 0. The van der Waals surface area contributed by atoms with E-state index in [9.17, 15) is 14.9 Å². The number of aryl methyl sites for hydroxylation is 1. The van der Waals surface area contributed by atoms with Crippen LogP contribution in [0.15, 0.2) is 48.7 Å². The molecule has 134 valence electrons. The Morgan fingerprint density at radius 3 is 2.67 bits per heavy atom. The lowest BCUT2D eigenvalue weighted by atomic mass is 10.0. The van der Waals surface area contributed by atoms with Gasteiger partial charge in [0, 0.05) is 52.7 Å². The Bertz CT molecular complexity index is 1120. The molecule has 0 unspecified atom stereocenters. The number of nitrogens with zero attached hydrogens (tertiary/aromatic N) is 3. The number of carbonyl (C=O) groups is 1. The molecule has 1 amide bonds. The van der Waals surface area contributed by atoms with Crippen LogP contribution in [0.25, 0.3) is 22.9 Å². The first kappa shape index (κ1) is 17.0. The molecule has 1 aromatic heterocycles. The summed E-state index contributed by atoms with van der Waals surface area (Å²) in [4.78, 5) is 22.8. The molecule has 2 heterocycles. The molecule has 0 saturated carbocycles. The van der Waals surface area contributed by atoms with E-state index in [1.165, 1.54) is 12.1 Å². The quantitative estimate of drug-likeness (QED) is 0.420. The van der Waals surface area contributed by atoms with Crippen molar-refractivity contribution in [2.75, 3.05) is 5.32 Å². The number of anilines is 1. The third-order valence-corrected chi connectivity index (χ3v) is 4.51. The first-order valence-corrected chi connectivity index (χ1v) is 8.41. The van der Waals surface area contributed by atoms with Gasteiger partial charge in [0.05, 0.1) is 16.3 Å². The van der Waals surface area contributed by atoms with Crippen LogP contribution in [0.1, 0.15) is 11.1 Å². The van der Waals surface area contributed by atoms with Crippen LogP contribution >= 0.6 is 11.6 Å². The van der Waals surface area contributed by atoms with Crippen molar-refractivity contribution in [1.29, 1.82) is 0 Å². The number of nitrogens with one attached hydrogen (secondary N) is 1. The summed E-state index contributed by atoms with van der Waals surface area (Å²) in [5, 5.41) is 18.6. The summed E-state index contributed by atoms with van der Waals surface area (Å²) in [5.74, 6) is -0.217. The molecule has 0 spiro atoms. The number of fused-ring (bicyclic) bond motifs is 1. The Kier molecular flexibility index (Phi) is 4.01. The maximum atomic E-state index is 12.4. The van der Waals surface area contributed by atoms with E-state index < -0.39 is 4.92 Å². The number of aromatic nitrogens is 2. The second kappa shape index (κ2) is 6.37. The van der Waals surface area contributed by atoms with Gasteiger partial charge in [0.15, 0.2) is 0 Å². The normalized spacial score (nSPS) is 14.3. The molecule has 0 aliphatic carbocycles. The Morgan fingerprint density at radius 1 is 1.22 bits per heavy atom. The maximum Gasteiger partial charge on any atom is 0.269 e. The molecule has 1 N–H and O–H groups in total. The topological polar surface area (TPSA) is 90.1 Å². The zero-order valence-corrected chi connectivity index (χ0v) is 14.9. The molecule has 8 heteroatoms. The van der Waals surface area contributed by atoms with Crippen molar-refractivity contribution in [3.63, 3.8) is 0 Å². The largest absolute Gasteiger partial charge is 0.321 e. The van der Waals surface area contributed by atoms with Gasteiger partial charge in [-0.25, -0.2) is 0 Å². The number of hydrogen-bond donors (Lipinski definition) is 1. The van der Waals surface area contributed by atoms with Gasteiger partial charge in [-0.1, -0.05) is 17.7 Å². The molecule has 7 nitrogen and oxygen atoms in total. The van der Waals surface area contributed by atoms with Crippen molar-refractivity contribution in [2.45, 2.75) is 0 Å². The molecule has 3 aromatic rings. The van der Waals surface area contributed by atoms with Gasteiger partial charge in [-0.2, -0.15) is 5.10 Å². The van der Waals surface area contributed by atoms with Gasteiger partial charge in [0.2, 0.25) is 0 Å². The van der Waals surface area contributed by atoms with Gasteiger partial charge in [0.25, 0.3) is 11.6 Å². The van der Waals surface area contributed by atoms with Crippen LogP contribution in [0.5, 0.6) is 0 Å². The highest BCUT2D eigenvalue weighted by Gasteiger charge is 2.25. The van der Waals surface area contributed by atoms with Gasteiger partial charge in [-0.15, -0.1) is 0 Å². The molecule has 1 aliphatic rings. The lowest BCUT2D eigenvalue weighted by Gasteiger charge is -2.01. The predicted molar refractivity (Wildman–Crippen MR) is 103 cm³/mol. The number of halogens is 1. The molecular weight excluding hydrogens is 368 g/mol. The molecule has 0 bridgehead atoms. The van der Waals surface area contributed by atoms with Crippen molar-refractivity contribution in [2.24, 2.45) is 7.05 Å². The van der Waals surface area contributed by atoms with E-state index in [1.807, 2.05) is 0 Å². The van der Waals surface area contributed by atoms with Gasteiger partial charge < -0.3 is 5.32 Å². The van der Waals surface area contributed by atoms with Crippen LogP contribution in [0.4, 0.5) is 11.4 Å². The van der Waals surface area contributed by atoms with Crippen LogP contribution in [-0.4, -0.2) is 20.6 Å². The van der Waals surface area contributed by atoms with Crippen molar-refractivity contribution < 1.29 is 9.72 Å². The number of nitro benzene ring substituents is 1. The highest BCUT2D eigenvalue weighted by molar-refractivity contribution is 6.36. The minimum Gasteiger partial charge on any atom is -0.321 e. The molecule has 2 aromatic carbocycles. The molecule has 4 rings (SSSR count). The standard InChI is InChI=1S/C19H13ClN4O3/c1-23-10-12(18(22-23)11-2-5-14(6-3-11)24(26)27)8-16-15-7-4-13(20)9-17(15)21-19(16)25/h2-10H,1H3,(H,21,25)/b16-8-. The van der Waals surface area contributed by atoms with Crippen molar-refractivity contribution in [3.05, 3.63) is 74.9 Å². The molecule has 1 aliphatic heterocycles. The van der Waals surface area contributed by atoms with Crippen molar-refractivity contribution in [3.8, 4) is 11.3 Å². The summed E-state index contributed by atoms with van der Waals surface area (Å²) >= 11 is 5.99. The fourth-order valence-corrected chi connectivity index (χ4v) is 3.22. The summed E-state index contributed by atoms with van der Waals surface area (Å²) in [5.41, 5.74) is 4.05. The zero-order chi connectivity index (χ0) is 19.1. The Hall–Kier alpha value is -3.45. The SMILES string of the molecule is Cn1cc(/C=C2\C(=O)Nc3cc(Cl)ccc32)c(-c2ccc([N+](=O)[O-])cc2)n1. The van der Waals surface area contributed by atoms with Crippen LogP contribution < -0.4 is 5.32 Å². The maximum absolute atomic E-state index is 12.4. The summed E-state index contributed by atoms with van der Waals surface area (Å²) in [6, 6.07) is 11.4. The smallest absolute Gasteiger partial charge is 0.269 e. The summed E-state index contributed by atoms with van der Waals surface area (Å²) in [7, 11) is 1.78. The fraction of sp³-hybridized carbons (Fsp3) is 0.0526. The van der Waals surface area contributed by atoms with Crippen LogP contribution in [0.3, 0.4) is 0 Å². The van der Waals surface area contributed by atoms with Gasteiger partial charge in [-0.05, 0) is 30.3 Å². The predicted octanol–water partition coefficient (Wildman–Crippen LogP) is 4.14. The van der Waals surface area contributed by atoms with Gasteiger partial charge in [0.1, 0.15) is 0 Å². The third-order valence-electron chi connectivity index (χ3n) is 4.27. The Balaban J connectivity index is 1.79. The molecule has 27 heavy (non-hydrogen) atoms. The fourth-order valence-electron chi connectivity index (χ4n) is 3.04. The minimum atomic E-state index is -0.448. The molecule has 0 saturated heterocycles. The number of benzene rings is 2. The van der Waals surface area contributed by atoms with E-state index in [0.29, 0.717) is 22.0 Å². The summed E-state index contributed by atoms with van der Waals surface area (Å²) < 4.78 is 1.64. The average molecular weight is 381 g/mol. The molecule has 0 fully saturated rings. The van der Waals surface area contributed by atoms with E-state index in [4.69, 9.17) is 11.6 Å². The Morgan fingerprint density at radius 2 is 1.96 bits per heavy atom. The molecular formula is C19H13ClN4O3. The van der Waals surface area contributed by atoms with Gasteiger partial charge >= 0.3 is 0 Å². The highest BCUT2D eigenvalue weighted by atomic mass is 35.5. The van der Waals surface area contributed by atoms with Crippen LogP contribution in [-0.2, 0) is 11.8 Å². The Labute approximate surface area is 159 Å². The first-order chi connectivity index (χ1) is 12.9. The minimum absolute atomic E-state index is 0.00978. The van der Waals surface area contributed by atoms with E-state index in [-0.39, 0.29) is 11.6 Å². The number of nitro groups is 1. The van der Waals surface area contributed by atoms with E-state index in [0.717, 1.165) is 16.7 Å². The number of carbonyl (C=O) groups excluding carboxylic acids is 1. The van der Waals surface area contributed by atoms with E-state index in [2.05, 4.69) is 10.4 Å². The number of amides is 1. The van der Waals surface area contributed by atoms with Crippen molar-refractivity contribution in [1.82, 2.24) is 9.78 Å². The second-order valence-corrected chi connectivity index (χ2v) is 6.55. The van der Waals surface area contributed by atoms with E-state index >= 15 is 0 Å². The van der Waals surface area contributed by atoms with Crippen LogP contribution in [0, 0.1) is 10.1 Å². The summed E-state index contributed by atoms with van der Waals surface area (Å²) in [6.07, 6.45) is 3.56. The van der Waals surface area contributed by atoms with Crippen LogP contribution in [0.2, 0.25) is 5.02 Å². The lowest BCUT2D eigenvalue weighted by Crippen LogP contribution is -2.03.